The highest BCUT2D eigenvalue weighted by Crippen LogP contribution is 2.49. The first kappa shape index (κ1) is 22.0. The lowest BCUT2D eigenvalue weighted by Gasteiger charge is -2.14. The first-order valence-electron chi connectivity index (χ1n) is 8.10. The fraction of sp³-hybridized carbons (Fsp3) is 0. The third-order valence-corrected chi connectivity index (χ3v) is 6.93. The highest BCUT2D eigenvalue weighted by molar-refractivity contribution is 8.02. The SMILES string of the molecule is Nc1ccc(Sc2cccc(Cl)c2[N+](=O)[O-])c(Sc2cccc(Cl)c2[N+](=O)[O-])c1N. The van der Waals surface area contributed by atoms with Crippen LogP contribution in [0.2, 0.25) is 10.0 Å². The zero-order valence-electron chi connectivity index (χ0n) is 14.9. The molecule has 154 valence electrons. The van der Waals surface area contributed by atoms with Crippen LogP contribution in [0.5, 0.6) is 0 Å². The summed E-state index contributed by atoms with van der Waals surface area (Å²) in [7, 11) is 0. The summed E-state index contributed by atoms with van der Waals surface area (Å²) in [6.07, 6.45) is 0. The van der Waals surface area contributed by atoms with E-state index in [1.807, 2.05) is 0 Å². The molecule has 0 amide bonds. The van der Waals surface area contributed by atoms with Crippen molar-refractivity contribution in [3.05, 3.63) is 78.8 Å². The van der Waals surface area contributed by atoms with Crippen LogP contribution in [0.25, 0.3) is 0 Å². The Morgan fingerprint density at radius 3 is 1.73 bits per heavy atom. The van der Waals surface area contributed by atoms with E-state index in [4.69, 9.17) is 34.7 Å². The van der Waals surface area contributed by atoms with Gasteiger partial charge in [0.2, 0.25) is 0 Å². The maximum absolute atomic E-state index is 11.5. The molecule has 0 spiro atoms. The van der Waals surface area contributed by atoms with Gasteiger partial charge in [-0.1, -0.05) is 58.9 Å². The van der Waals surface area contributed by atoms with Gasteiger partial charge in [-0.2, -0.15) is 0 Å². The van der Waals surface area contributed by atoms with Crippen molar-refractivity contribution in [2.75, 3.05) is 11.5 Å². The van der Waals surface area contributed by atoms with Crippen molar-refractivity contribution in [1.82, 2.24) is 0 Å². The Hall–Kier alpha value is -2.66. The second kappa shape index (κ2) is 9.00. The van der Waals surface area contributed by atoms with Crippen molar-refractivity contribution in [2.45, 2.75) is 19.6 Å². The zero-order valence-corrected chi connectivity index (χ0v) is 18.0. The number of para-hydroxylation sites is 2. The van der Waals surface area contributed by atoms with Gasteiger partial charge in [-0.05, 0) is 36.4 Å². The molecule has 0 saturated carbocycles. The van der Waals surface area contributed by atoms with Gasteiger partial charge in [-0.25, -0.2) is 0 Å². The number of benzene rings is 3. The molecule has 0 aliphatic heterocycles. The van der Waals surface area contributed by atoms with E-state index in [2.05, 4.69) is 0 Å². The molecule has 3 aromatic carbocycles. The number of nitrogens with zero attached hydrogens (tertiary/aromatic N) is 2. The topological polar surface area (TPSA) is 138 Å². The molecule has 4 N–H and O–H groups in total. The molecule has 0 atom stereocenters. The highest BCUT2D eigenvalue weighted by Gasteiger charge is 2.24. The smallest absolute Gasteiger partial charge is 0.301 e. The Balaban J connectivity index is 2.12. The number of halogens is 2. The first-order chi connectivity index (χ1) is 14.2. The number of nitrogen functional groups attached to an aromatic ring is 2. The quantitative estimate of drug-likeness (QED) is 0.237. The Bertz CT molecular complexity index is 1180. The molecule has 0 heterocycles. The van der Waals surface area contributed by atoms with Gasteiger partial charge >= 0.3 is 11.4 Å². The predicted octanol–water partition coefficient (Wildman–Crippen LogP) is 6.28. The van der Waals surface area contributed by atoms with Crippen LogP contribution in [0.15, 0.2) is 68.1 Å². The van der Waals surface area contributed by atoms with Crippen LogP contribution in [0.1, 0.15) is 0 Å². The Labute approximate surface area is 188 Å². The Kier molecular flexibility index (Phi) is 6.61. The fourth-order valence-corrected chi connectivity index (χ4v) is 5.42. The molecular weight excluding hydrogens is 471 g/mol. The monoisotopic (exact) mass is 482 g/mol. The maximum Gasteiger partial charge on any atom is 0.301 e. The largest absolute Gasteiger partial charge is 0.397 e. The number of nitro groups is 2. The van der Waals surface area contributed by atoms with Gasteiger partial charge in [0, 0.05) is 4.90 Å². The molecule has 3 rings (SSSR count). The average molecular weight is 483 g/mol. The second-order valence-corrected chi connectivity index (χ2v) is 8.74. The van der Waals surface area contributed by atoms with Gasteiger partial charge < -0.3 is 11.5 Å². The number of anilines is 2. The van der Waals surface area contributed by atoms with Gasteiger partial charge in [-0.3, -0.25) is 20.2 Å². The second-order valence-electron chi connectivity index (χ2n) is 5.79. The van der Waals surface area contributed by atoms with Gasteiger partial charge in [0.05, 0.1) is 35.9 Å². The lowest BCUT2D eigenvalue weighted by molar-refractivity contribution is -0.387. The Morgan fingerprint density at radius 2 is 1.23 bits per heavy atom. The van der Waals surface area contributed by atoms with Crippen LogP contribution >= 0.6 is 46.7 Å². The van der Waals surface area contributed by atoms with E-state index < -0.39 is 9.85 Å². The standard InChI is InChI=1S/C18H12Cl2N4O4S2/c19-9-3-1-5-12(16(9)23(25)26)29-14-8-7-11(21)15(22)18(14)30-13-6-2-4-10(20)17(13)24(27)28/h1-8H,21-22H2. The summed E-state index contributed by atoms with van der Waals surface area (Å²) in [5, 5.41) is 22.9. The predicted molar refractivity (Wildman–Crippen MR) is 120 cm³/mol. The summed E-state index contributed by atoms with van der Waals surface area (Å²) < 4.78 is 0. The molecule has 0 saturated heterocycles. The first-order valence-corrected chi connectivity index (χ1v) is 10.5. The third-order valence-electron chi connectivity index (χ3n) is 3.89. The molecule has 0 unspecified atom stereocenters. The van der Waals surface area contributed by atoms with Crippen molar-refractivity contribution in [1.29, 1.82) is 0 Å². The van der Waals surface area contributed by atoms with Gasteiger partial charge in [0.25, 0.3) is 0 Å². The van der Waals surface area contributed by atoms with Crippen molar-refractivity contribution in [3.63, 3.8) is 0 Å². The number of nitro benzene ring substituents is 2. The van der Waals surface area contributed by atoms with E-state index in [0.29, 0.717) is 14.7 Å². The van der Waals surface area contributed by atoms with E-state index in [1.165, 1.54) is 18.2 Å². The van der Waals surface area contributed by atoms with Crippen LogP contribution in [0.3, 0.4) is 0 Å². The number of hydrogen-bond acceptors (Lipinski definition) is 8. The molecule has 0 radical (unpaired) electrons. The molecule has 0 aliphatic carbocycles. The van der Waals surface area contributed by atoms with E-state index >= 15 is 0 Å². The molecule has 0 aliphatic rings. The average Bonchev–Trinajstić information content (AvgIpc) is 2.67. The molecule has 12 heteroatoms. The molecule has 0 fully saturated rings. The number of rotatable bonds is 6. The van der Waals surface area contributed by atoms with Gasteiger partial charge in [0.1, 0.15) is 10.0 Å². The minimum atomic E-state index is -0.582. The van der Waals surface area contributed by atoms with Gasteiger partial charge in [-0.15, -0.1) is 0 Å². The van der Waals surface area contributed by atoms with Crippen LogP contribution in [-0.2, 0) is 0 Å². The molecule has 3 aromatic rings. The molecule has 30 heavy (non-hydrogen) atoms. The molecule has 0 bridgehead atoms. The summed E-state index contributed by atoms with van der Waals surface area (Å²) in [4.78, 5) is 23.3. The summed E-state index contributed by atoms with van der Waals surface area (Å²) >= 11 is 14.1. The van der Waals surface area contributed by atoms with Crippen molar-refractivity contribution in [2.24, 2.45) is 0 Å². The van der Waals surface area contributed by atoms with Crippen molar-refractivity contribution < 1.29 is 9.85 Å². The molecular formula is C18H12Cl2N4O4S2. The summed E-state index contributed by atoms with van der Waals surface area (Å²) in [5.74, 6) is 0. The van der Waals surface area contributed by atoms with E-state index in [0.717, 1.165) is 23.5 Å². The van der Waals surface area contributed by atoms with E-state index in [9.17, 15) is 20.2 Å². The lowest BCUT2D eigenvalue weighted by atomic mass is 10.3. The molecule has 8 nitrogen and oxygen atoms in total. The van der Waals surface area contributed by atoms with E-state index in [-0.39, 0.29) is 37.7 Å². The minimum Gasteiger partial charge on any atom is -0.397 e. The zero-order chi connectivity index (χ0) is 22.0. The van der Waals surface area contributed by atoms with Gasteiger partial charge in [0.15, 0.2) is 0 Å². The third kappa shape index (κ3) is 4.41. The summed E-state index contributed by atoms with van der Waals surface area (Å²) in [6, 6.07) is 12.3. The van der Waals surface area contributed by atoms with Crippen LogP contribution < -0.4 is 11.5 Å². The summed E-state index contributed by atoms with van der Waals surface area (Å²) in [5.41, 5.74) is 12.0. The van der Waals surface area contributed by atoms with E-state index in [1.54, 1.807) is 30.3 Å². The number of nitrogens with two attached hydrogens (primary N) is 2. The van der Waals surface area contributed by atoms with Crippen molar-refractivity contribution >= 4 is 69.5 Å². The number of hydrogen-bond donors (Lipinski definition) is 2. The van der Waals surface area contributed by atoms with Crippen molar-refractivity contribution in [3.8, 4) is 0 Å². The Morgan fingerprint density at radius 1 is 0.733 bits per heavy atom. The highest BCUT2D eigenvalue weighted by atomic mass is 35.5. The molecule has 0 aromatic heterocycles. The lowest BCUT2D eigenvalue weighted by Crippen LogP contribution is -1.99. The van der Waals surface area contributed by atoms with Crippen LogP contribution in [-0.4, -0.2) is 9.85 Å². The normalized spacial score (nSPS) is 10.7. The fourth-order valence-electron chi connectivity index (χ4n) is 2.52. The van der Waals surface area contributed by atoms with Crippen LogP contribution in [0.4, 0.5) is 22.7 Å². The summed E-state index contributed by atoms with van der Waals surface area (Å²) in [6.45, 7) is 0. The van der Waals surface area contributed by atoms with Crippen LogP contribution in [0, 0.1) is 20.2 Å². The minimum absolute atomic E-state index is 0.00639. The maximum atomic E-state index is 11.5.